The fraction of sp³-hybridized carbons (Fsp3) is 0.154. The highest BCUT2D eigenvalue weighted by molar-refractivity contribution is 6.33. The number of carbonyl (C=O) groups is 2. The Morgan fingerprint density at radius 1 is 1.38 bits per heavy atom. The highest BCUT2D eigenvalue weighted by atomic mass is 35.5. The first kappa shape index (κ1) is 14.9. The third kappa shape index (κ3) is 4.22. The second-order valence-corrected chi connectivity index (χ2v) is 4.66. The van der Waals surface area contributed by atoms with Gasteiger partial charge in [0.2, 0.25) is 0 Å². The number of imidazole rings is 1. The van der Waals surface area contributed by atoms with Gasteiger partial charge in [-0.15, -0.1) is 0 Å². The summed E-state index contributed by atoms with van der Waals surface area (Å²) < 4.78 is 0. The fourth-order valence-corrected chi connectivity index (χ4v) is 1.88. The summed E-state index contributed by atoms with van der Waals surface area (Å²) in [6.45, 7) is 0. The number of aromatic amines is 1. The van der Waals surface area contributed by atoms with E-state index in [1.165, 1.54) is 12.5 Å². The van der Waals surface area contributed by atoms with E-state index in [1.807, 2.05) is 0 Å². The maximum Gasteiger partial charge on any atom is 0.326 e. The Hall–Kier alpha value is -2.54. The quantitative estimate of drug-likeness (QED) is 0.676. The van der Waals surface area contributed by atoms with Crippen molar-refractivity contribution in [3.63, 3.8) is 0 Å². The first-order chi connectivity index (χ1) is 10.1. The molecule has 0 saturated heterocycles. The van der Waals surface area contributed by atoms with Gasteiger partial charge in [0, 0.05) is 18.3 Å². The number of carboxylic acid groups (broad SMARTS) is 1. The van der Waals surface area contributed by atoms with Crippen molar-refractivity contribution >= 4 is 29.3 Å². The fourth-order valence-electron chi connectivity index (χ4n) is 1.70. The molecule has 0 bridgehead atoms. The zero-order chi connectivity index (χ0) is 15.2. The van der Waals surface area contributed by atoms with Crippen LogP contribution in [0.25, 0.3) is 0 Å². The number of nitrogens with one attached hydrogen (secondary N) is 3. The lowest BCUT2D eigenvalue weighted by Gasteiger charge is -2.14. The first-order valence-corrected chi connectivity index (χ1v) is 6.46. The molecule has 0 unspecified atom stereocenters. The molecule has 1 heterocycles. The smallest absolute Gasteiger partial charge is 0.326 e. The lowest BCUT2D eigenvalue weighted by Crippen LogP contribution is -2.44. The Morgan fingerprint density at radius 3 is 2.76 bits per heavy atom. The number of benzene rings is 1. The molecule has 1 aromatic heterocycles. The van der Waals surface area contributed by atoms with Crippen molar-refractivity contribution < 1.29 is 14.7 Å². The van der Waals surface area contributed by atoms with Crippen molar-refractivity contribution in [1.82, 2.24) is 15.3 Å². The summed E-state index contributed by atoms with van der Waals surface area (Å²) in [5.74, 6) is -1.14. The Balaban J connectivity index is 1.98. The van der Waals surface area contributed by atoms with Crippen LogP contribution in [0.4, 0.5) is 10.5 Å². The Kier molecular flexibility index (Phi) is 4.78. The molecule has 2 rings (SSSR count). The van der Waals surface area contributed by atoms with Gasteiger partial charge in [-0.2, -0.15) is 0 Å². The van der Waals surface area contributed by atoms with E-state index in [9.17, 15) is 9.59 Å². The number of nitrogens with zero attached hydrogens (tertiary/aromatic N) is 1. The number of carboxylic acids is 1. The van der Waals surface area contributed by atoms with Gasteiger partial charge >= 0.3 is 12.0 Å². The van der Waals surface area contributed by atoms with E-state index in [-0.39, 0.29) is 6.42 Å². The van der Waals surface area contributed by atoms with Gasteiger partial charge in [0.15, 0.2) is 0 Å². The second-order valence-electron chi connectivity index (χ2n) is 4.25. The molecule has 2 amide bonds. The Labute approximate surface area is 125 Å². The molecule has 8 heteroatoms. The minimum absolute atomic E-state index is 0.102. The second kappa shape index (κ2) is 6.76. The van der Waals surface area contributed by atoms with Gasteiger partial charge in [-0.3, -0.25) is 0 Å². The molecule has 0 radical (unpaired) electrons. The van der Waals surface area contributed by atoms with Crippen LogP contribution in [0.15, 0.2) is 36.8 Å². The van der Waals surface area contributed by atoms with Crippen LogP contribution in [-0.2, 0) is 11.2 Å². The Morgan fingerprint density at radius 2 is 2.14 bits per heavy atom. The lowest BCUT2D eigenvalue weighted by molar-refractivity contribution is -0.139. The highest BCUT2D eigenvalue weighted by Crippen LogP contribution is 2.20. The first-order valence-electron chi connectivity index (χ1n) is 6.08. The van der Waals surface area contributed by atoms with Crippen molar-refractivity contribution in [2.75, 3.05) is 5.32 Å². The van der Waals surface area contributed by atoms with Gasteiger partial charge in [0.05, 0.1) is 17.0 Å². The van der Waals surface area contributed by atoms with Crippen LogP contribution in [0.5, 0.6) is 0 Å². The molecular weight excluding hydrogens is 296 g/mol. The molecule has 0 aliphatic rings. The summed E-state index contributed by atoms with van der Waals surface area (Å²) in [6.07, 6.45) is 3.05. The van der Waals surface area contributed by atoms with Crippen molar-refractivity contribution in [3.8, 4) is 0 Å². The molecule has 4 N–H and O–H groups in total. The maximum absolute atomic E-state index is 11.8. The monoisotopic (exact) mass is 308 g/mol. The number of halogens is 1. The number of aromatic nitrogens is 2. The molecule has 0 spiro atoms. The number of rotatable bonds is 5. The molecule has 1 aromatic carbocycles. The van der Waals surface area contributed by atoms with Crippen LogP contribution in [0.1, 0.15) is 5.69 Å². The van der Waals surface area contributed by atoms with Crippen LogP contribution in [0.3, 0.4) is 0 Å². The zero-order valence-corrected chi connectivity index (χ0v) is 11.6. The van der Waals surface area contributed by atoms with Crippen molar-refractivity contribution in [2.45, 2.75) is 12.5 Å². The lowest BCUT2D eigenvalue weighted by atomic mass is 10.2. The largest absolute Gasteiger partial charge is 0.480 e. The SMILES string of the molecule is O=C(Nc1ccccc1Cl)N[C@@H](Cc1cnc[nH]1)C(=O)O. The van der Waals surface area contributed by atoms with Crippen molar-refractivity contribution in [1.29, 1.82) is 0 Å². The minimum Gasteiger partial charge on any atom is -0.480 e. The zero-order valence-electron chi connectivity index (χ0n) is 10.8. The van der Waals surface area contributed by atoms with E-state index < -0.39 is 18.0 Å². The van der Waals surface area contributed by atoms with Crippen LogP contribution in [0, 0.1) is 0 Å². The van der Waals surface area contributed by atoms with E-state index in [0.717, 1.165) is 0 Å². The van der Waals surface area contributed by atoms with Gasteiger partial charge in [-0.05, 0) is 12.1 Å². The predicted octanol–water partition coefficient (Wildman–Crippen LogP) is 1.88. The number of anilines is 1. The molecule has 0 aliphatic heterocycles. The van der Waals surface area contributed by atoms with Gasteiger partial charge in [0.25, 0.3) is 0 Å². The van der Waals surface area contributed by atoms with E-state index >= 15 is 0 Å². The number of hydrogen-bond donors (Lipinski definition) is 4. The van der Waals surface area contributed by atoms with Crippen molar-refractivity contribution in [3.05, 3.63) is 47.5 Å². The standard InChI is InChI=1S/C13H13ClN4O3/c14-9-3-1-2-4-10(9)17-13(21)18-11(12(19)20)5-8-6-15-7-16-8/h1-4,6-7,11H,5H2,(H,15,16)(H,19,20)(H2,17,18,21)/t11-/m0/s1. The highest BCUT2D eigenvalue weighted by Gasteiger charge is 2.21. The number of aliphatic carboxylic acids is 1. The molecule has 110 valence electrons. The third-order valence-electron chi connectivity index (χ3n) is 2.70. The summed E-state index contributed by atoms with van der Waals surface area (Å²) in [4.78, 5) is 29.6. The molecule has 21 heavy (non-hydrogen) atoms. The third-order valence-corrected chi connectivity index (χ3v) is 3.03. The van der Waals surface area contributed by atoms with Crippen LogP contribution >= 0.6 is 11.6 Å². The summed E-state index contributed by atoms with van der Waals surface area (Å²) in [6, 6.07) is 4.95. The molecule has 0 aliphatic carbocycles. The summed E-state index contributed by atoms with van der Waals surface area (Å²) in [5.41, 5.74) is 1.02. The van der Waals surface area contributed by atoms with E-state index in [1.54, 1.807) is 24.3 Å². The molecule has 0 saturated carbocycles. The van der Waals surface area contributed by atoms with Crippen LogP contribution in [0.2, 0.25) is 5.02 Å². The Bertz CT molecular complexity index is 630. The normalized spacial score (nSPS) is 11.7. The number of H-pyrrole nitrogens is 1. The number of urea groups is 1. The molecule has 1 atom stereocenters. The van der Waals surface area contributed by atoms with Crippen molar-refractivity contribution in [2.24, 2.45) is 0 Å². The predicted molar refractivity (Wildman–Crippen MR) is 77.3 cm³/mol. The molecular formula is C13H13ClN4O3. The molecule has 2 aromatic rings. The van der Waals surface area contributed by atoms with Gasteiger partial charge < -0.3 is 20.7 Å². The topological polar surface area (TPSA) is 107 Å². The minimum atomic E-state index is -1.14. The number of amides is 2. The van der Waals surface area contributed by atoms with Gasteiger partial charge in [0.1, 0.15) is 6.04 Å². The van der Waals surface area contributed by atoms with E-state index in [0.29, 0.717) is 16.4 Å². The molecule has 0 fully saturated rings. The average Bonchev–Trinajstić information content (AvgIpc) is 2.93. The maximum atomic E-state index is 11.8. The van der Waals surface area contributed by atoms with Gasteiger partial charge in [-0.1, -0.05) is 23.7 Å². The number of para-hydroxylation sites is 1. The van der Waals surface area contributed by atoms with Crippen LogP contribution < -0.4 is 10.6 Å². The molecule has 7 nitrogen and oxygen atoms in total. The number of carbonyl (C=O) groups excluding carboxylic acids is 1. The summed E-state index contributed by atoms with van der Waals surface area (Å²) >= 11 is 5.91. The van der Waals surface area contributed by atoms with Gasteiger partial charge in [-0.25, -0.2) is 14.6 Å². The van der Waals surface area contributed by atoms with Crippen LogP contribution in [-0.4, -0.2) is 33.1 Å². The average molecular weight is 309 g/mol. The van der Waals surface area contributed by atoms with E-state index in [4.69, 9.17) is 16.7 Å². The number of hydrogen-bond acceptors (Lipinski definition) is 3. The summed E-state index contributed by atoms with van der Waals surface area (Å²) in [7, 11) is 0. The summed E-state index contributed by atoms with van der Waals surface area (Å²) in [5, 5.41) is 14.4. The van der Waals surface area contributed by atoms with E-state index in [2.05, 4.69) is 20.6 Å².